The highest BCUT2D eigenvalue weighted by atomic mass is 16.2. The van der Waals surface area contributed by atoms with Gasteiger partial charge in [0.15, 0.2) is 0 Å². The Hall–Kier alpha value is -4.72. The molecule has 2 amide bonds. The number of aryl methyl sites for hydroxylation is 1. The van der Waals surface area contributed by atoms with Gasteiger partial charge in [-0.25, -0.2) is 19.7 Å². The van der Waals surface area contributed by atoms with Crippen LogP contribution in [-0.2, 0) is 0 Å². The number of urea groups is 1. The number of imidazole rings is 1. The number of benzene rings is 3. The van der Waals surface area contributed by atoms with Crippen molar-refractivity contribution in [3.05, 3.63) is 97.3 Å². The van der Waals surface area contributed by atoms with Crippen molar-refractivity contribution in [1.82, 2.24) is 19.5 Å². The van der Waals surface area contributed by atoms with Crippen molar-refractivity contribution in [2.75, 3.05) is 16.0 Å². The molecule has 3 aromatic carbocycles. The summed E-state index contributed by atoms with van der Waals surface area (Å²) in [6, 6.07) is 22.8. The van der Waals surface area contributed by atoms with Gasteiger partial charge in [0, 0.05) is 35.5 Å². The number of nitrogens with zero attached hydrogens (tertiary/aromatic N) is 4. The molecule has 5 aromatic rings. The minimum absolute atomic E-state index is 0.303. The molecule has 2 aromatic heterocycles. The molecule has 0 aliphatic rings. The van der Waals surface area contributed by atoms with Gasteiger partial charge in [-0.15, -0.1) is 0 Å². The Morgan fingerprint density at radius 3 is 2.33 bits per heavy atom. The van der Waals surface area contributed by atoms with Crippen LogP contribution in [-0.4, -0.2) is 25.6 Å². The zero-order valence-corrected chi connectivity index (χ0v) is 17.9. The smallest absolute Gasteiger partial charge is 0.323 e. The molecule has 8 heteroatoms. The zero-order chi connectivity index (χ0) is 22.6. The van der Waals surface area contributed by atoms with Gasteiger partial charge in [0.2, 0.25) is 0 Å². The number of nitrogens with one attached hydrogen (secondary N) is 3. The molecule has 0 atom stereocenters. The summed E-state index contributed by atoms with van der Waals surface area (Å²) >= 11 is 0. The molecule has 0 saturated carbocycles. The van der Waals surface area contributed by atoms with Gasteiger partial charge in [0.1, 0.15) is 23.8 Å². The molecule has 2 heterocycles. The molecular formula is C25H21N7O. The Kier molecular flexibility index (Phi) is 5.38. The molecule has 0 spiro atoms. The number of hydrogen-bond donors (Lipinski definition) is 3. The molecule has 33 heavy (non-hydrogen) atoms. The Bertz CT molecular complexity index is 1410. The van der Waals surface area contributed by atoms with Gasteiger partial charge in [0.05, 0.1) is 0 Å². The van der Waals surface area contributed by atoms with Crippen molar-refractivity contribution in [3.63, 3.8) is 0 Å². The minimum atomic E-state index is -0.303. The number of anilines is 4. The normalized spacial score (nSPS) is 10.7. The fraction of sp³-hybridized carbons (Fsp3) is 0.0400. The number of rotatable bonds is 5. The minimum Gasteiger partial charge on any atom is -0.340 e. The molecule has 0 fully saturated rings. The summed E-state index contributed by atoms with van der Waals surface area (Å²) < 4.78 is 1.82. The van der Waals surface area contributed by atoms with Crippen LogP contribution < -0.4 is 16.0 Å². The summed E-state index contributed by atoms with van der Waals surface area (Å²) in [6.07, 6.45) is 5.22. The summed E-state index contributed by atoms with van der Waals surface area (Å²) in [5.41, 5.74) is 2.25. The van der Waals surface area contributed by atoms with Gasteiger partial charge < -0.3 is 16.0 Å². The van der Waals surface area contributed by atoms with Crippen molar-refractivity contribution in [3.8, 4) is 5.82 Å². The third-order valence-electron chi connectivity index (χ3n) is 5.02. The molecule has 8 nitrogen and oxygen atoms in total. The highest BCUT2D eigenvalue weighted by Crippen LogP contribution is 2.21. The molecule has 0 bridgehead atoms. The largest absolute Gasteiger partial charge is 0.340 e. The van der Waals surface area contributed by atoms with Crippen molar-refractivity contribution in [1.29, 1.82) is 0 Å². The Morgan fingerprint density at radius 2 is 1.55 bits per heavy atom. The van der Waals surface area contributed by atoms with Gasteiger partial charge in [-0.3, -0.25) is 4.57 Å². The maximum atomic E-state index is 12.4. The van der Waals surface area contributed by atoms with Crippen LogP contribution >= 0.6 is 0 Å². The van der Waals surface area contributed by atoms with E-state index in [1.54, 1.807) is 12.5 Å². The van der Waals surface area contributed by atoms with Gasteiger partial charge in [0.25, 0.3) is 0 Å². The lowest BCUT2D eigenvalue weighted by Crippen LogP contribution is -2.19. The average molecular weight is 435 g/mol. The zero-order valence-electron chi connectivity index (χ0n) is 17.9. The lowest BCUT2D eigenvalue weighted by molar-refractivity contribution is 0.262. The van der Waals surface area contributed by atoms with Crippen LogP contribution in [0, 0.1) is 6.92 Å². The van der Waals surface area contributed by atoms with Crippen molar-refractivity contribution >= 4 is 39.7 Å². The lowest BCUT2D eigenvalue weighted by Gasteiger charge is -2.11. The van der Waals surface area contributed by atoms with E-state index < -0.39 is 0 Å². The second kappa shape index (κ2) is 8.80. The predicted molar refractivity (Wildman–Crippen MR) is 130 cm³/mol. The van der Waals surface area contributed by atoms with Crippen LogP contribution in [0.4, 0.5) is 27.7 Å². The third kappa shape index (κ3) is 4.80. The summed E-state index contributed by atoms with van der Waals surface area (Å²) in [6.45, 7) is 1.84. The van der Waals surface area contributed by atoms with E-state index in [2.05, 4.69) is 30.9 Å². The van der Waals surface area contributed by atoms with Crippen molar-refractivity contribution in [2.24, 2.45) is 0 Å². The van der Waals surface area contributed by atoms with Crippen LogP contribution in [0.5, 0.6) is 0 Å². The molecule has 162 valence electrons. The first-order valence-electron chi connectivity index (χ1n) is 10.4. The summed E-state index contributed by atoms with van der Waals surface area (Å²) in [5, 5.41) is 11.2. The van der Waals surface area contributed by atoms with E-state index in [0.29, 0.717) is 17.3 Å². The Labute approximate surface area is 190 Å². The number of carbonyl (C=O) groups excluding carboxylic acids is 1. The van der Waals surface area contributed by atoms with E-state index in [1.165, 1.54) is 0 Å². The summed E-state index contributed by atoms with van der Waals surface area (Å²) in [4.78, 5) is 25.4. The van der Waals surface area contributed by atoms with Crippen LogP contribution in [0.15, 0.2) is 91.5 Å². The van der Waals surface area contributed by atoms with E-state index in [0.717, 1.165) is 28.0 Å². The summed E-state index contributed by atoms with van der Waals surface area (Å²) in [5.74, 6) is 2.04. The molecule has 0 unspecified atom stereocenters. The van der Waals surface area contributed by atoms with Crippen LogP contribution in [0.3, 0.4) is 0 Å². The highest BCUT2D eigenvalue weighted by molar-refractivity contribution is 6.01. The first-order valence-corrected chi connectivity index (χ1v) is 10.4. The fourth-order valence-corrected chi connectivity index (χ4v) is 3.49. The molecular weight excluding hydrogens is 414 g/mol. The van der Waals surface area contributed by atoms with E-state index in [9.17, 15) is 4.79 Å². The first-order chi connectivity index (χ1) is 16.1. The Morgan fingerprint density at radius 1 is 0.818 bits per heavy atom. The third-order valence-corrected chi connectivity index (χ3v) is 5.02. The second-order valence-corrected chi connectivity index (χ2v) is 7.47. The van der Waals surface area contributed by atoms with Crippen LogP contribution in [0.2, 0.25) is 0 Å². The second-order valence-electron chi connectivity index (χ2n) is 7.47. The van der Waals surface area contributed by atoms with Crippen LogP contribution in [0.25, 0.3) is 16.6 Å². The molecule has 0 aliphatic heterocycles. The predicted octanol–water partition coefficient (Wildman–Crippen LogP) is 5.51. The van der Waals surface area contributed by atoms with Gasteiger partial charge in [-0.05, 0) is 54.1 Å². The average Bonchev–Trinajstić information content (AvgIpc) is 3.35. The number of hydrogen-bond acceptors (Lipinski definition) is 5. The Balaban J connectivity index is 1.23. The first kappa shape index (κ1) is 20.2. The van der Waals surface area contributed by atoms with E-state index >= 15 is 0 Å². The SMILES string of the molecule is Cc1nc(Nc2ccc(NC(=O)Nc3ccc4ccccc4c3)cc2)cc(-n2ccnc2)n1. The molecule has 0 saturated heterocycles. The number of fused-ring (bicyclic) bond motifs is 1. The molecule has 5 rings (SSSR count). The topological polar surface area (TPSA) is 96.8 Å². The van der Waals surface area contributed by atoms with E-state index in [4.69, 9.17) is 0 Å². The van der Waals surface area contributed by atoms with Crippen LogP contribution in [0.1, 0.15) is 5.82 Å². The molecule has 0 aliphatic carbocycles. The monoisotopic (exact) mass is 435 g/mol. The van der Waals surface area contributed by atoms with Gasteiger partial charge in [-0.2, -0.15) is 0 Å². The number of aromatic nitrogens is 4. The van der Waals surface area contributed by atoms with Crippen molar-refractivity contribution in [2.45, 2.75) is 6.92 Å². The standard InChI is InChI=1S/C25H21N7O/c1-17-27-23(15-24(28-17)32-13-12-26-16-32)29-20-8-10-21(11-9-20)30-25(33)31-22-7-6-18-4-2-3-5-19(18)14-22/h2-16H,1H3,(H,27,28,29)(H2,30,31,33). The van der Waals surface area contributed by atoms with Gasteiger partial charge in [-0.1, -0.05) is 30.3 Å². The maximum absolute atomic E-state index is 12.4. The quantitative estimate of drug-likeness (QED) is 0.338. The van der Waals surface area contributed by atoms with Crippen molar-refractivity contribution < 1.29 is 4.79 Å². The van der Waals surface area contributed by atoms with E-state index in [1.807, 2.05) is 90.5 Å². The number of carbonyl (C=O) groups is 1. The lowest BCUT2D eigenvalue weighted by atomic mass is 10.1. The van der Waals surface area contributed by atoms with E-state index in [-0.39, 0.29) is 6.03 Å². The number of amides is 2. The summed E-state index contributed by atoms with van der Waals surface area (Å²) in [7, 11) is 0. The molecule has 3 N–H and O–H groups in total. The molecule has 0 radical (unpaired) electrons. The fourth-order valence-electron chi connectivity index (χ4n) is 3.49. The highest BCUT2D eigenvalue weighted by Gasteiger charge is 2.06. The van der Waals surface area contributed by atoms with Gasteiger partial charge >= 0.3 is 6.03 Å². The maximum Gasteiger partial charge on any atom is 0.323 e.